The van der Waals surface area contributed by atoms with Crippen LogP contribution in [-0.2, 0) is 0 Å². The van der Waals surface area contributed by atoms with Crippen molar-refractivity contribution in [3.8, 4) is 0 Å². The quantitative estimate of drug-likeness (QED) is 0.566. The third-order valence-corrected chi connectivity index (χ3v) is 2.65. The highest BCUT2D eigenvalue weighted by Crippen LogP contribution is 2.04. The second-order valence-electron chi connectivity index (χ2n) is 3.72. The lowest BCUT2D eigenvalue weighted by Crippen LogP contribution is -2.27. The van der Waals surface area contributed by atoms with Crippen molar-refractivity contribution in [3.63, 3.8) is 0 Å². The van der Waals surface area contributed by atoms with Gasteiger partial charge in [0.25, 0.3) is 5.91 Å². The fourth-order valence-corrected chi connectivity index (χ4v) is 1.62. The topological polar surface area (TPSA) is 33.2 Å². The molecule has 0 bridgehead atoms. The number of nitrogens with zero attached hydrogens (tertiary/aromatic N) is 2. The van der Waals surface area contributed by atoms with Gasteiger partial charge in [-0.05, 0) is 25.0 Å². The standard InChI is InChI=1S/C12H17ClN2O/c1-15(9-4-2-3-7-13)12(16)11-6-5-8-14-10-11/h5-6,8,10H,2-4,7,9H2,1H3. The summed E-state index contributed by atoms with van der Waals surface area (Å²) < 4.78 is 0. The van der Waals surface area contributed by atoms with Gasteiger partial charge < -0.3 is 4.90 Å². The van der Waals surface area contributed by atoms with Crippen LogP contribution in [0.5, 0.6) is 0 Å². The van der Waals surface area contributed by atoms with Crippen molar-refractivity contribution in [1.29, 1.82) is 0 Å². The normalized spacial score (nSPS) is 10.1. The Hall–Kier alpha value is -1.09. The van der Waals surface area contributed by atoms with Gasteiger partial charge in [0.2, 0.25) is 0 Å². The third-order valence-electron chi connectivity index (χ3n) is 2.38. The Morgan fingerprint density at radius 3 is 2.88 bits per heavy atom. The molecule has 0 aliphatic rings. The fraction of sp³-hybridized carbons (Fsp3) is 0.500. The summed E-state index contributed by atoms with van der Waals surface area (Å²) in [6.45, 7) is 0.768. The van der Waals surface area contributed by atoms with E-state index in [0.29, 0.717) is 11.4 Å². The Morgan fingerprint density at radius 2 is 2.25 bits per heavy atom. The summed E-state index contributed by atoms with van der Waals surface area (Å²) >= 11 is 5.59. The van der Waals surface area contributed by atoms with Gasteiger partial charge >= 0.3 is 0 Å². The van der Waals surface area contributed by atoms with Crippen LogP contribution in [0.1, 0.15) is 29.6 Å². The highest BCUT2D eigenvalue weighted by molar-refractivity contribution is 6.17. The zero-order chi connectivity index (χ0) is 11.8. The average molecular weight is 241 g/mol. The highest BCUT2D eigenvalue weighted by atomic mass is 35.5. The summed E-state index contributed by atoms with van der Waals surface area (Å²) in [6, 6.07) is 3.55. The molecule has 0 saturated carbocycles. The van der Waals surface area contributed by atoms with E-state index in [4.69, 9.17) is 11.6 Å². The van der Waals surface area contributed by atoms with Crippen molar-refractivity contribution in [2.24, 2.45) is 0 Å². The Labute approximate surface area is 101 Å². The number of rotatable bonds is 6. The van der Waals surface area contributed by atoms with Crippen molar-refractivity contribution in [2.45, 2.75) is 19.3 Å². The minimum Gasteiger partial charge on any atom is -0.342 e. The molecule has 1 rings (SSSR count). The van der Waals surface area contributed by atoms with E-state index in [2.05, 4.69) is 4.98 Å². The molecule has 16 heavy (non-hydrogen) atoms. The number of amides is 1. The molecular formula is C12H17ClN2O. The zero-order valence-electron chi connectivity index (χ0n) is 9.53. The third kappa shape index (κ3) is 4.19. The molecule has 1 heterocycles. The first-order valence-electron chi connectivity index (χ1n) is 5.47. The first kappa shape index (κ1) is 13.0. The van der Waals surface area contributed by atoms with Gasteiger partial charge in [-0.1, -0.05) is 6.42 Å². The lowest BCUT2D eigenvalue weighted by molar-refractivity contribution is 0.0792. The molecule has 0 atom stereocenters. The maximum atomic E-state index is 11.9. The SMILES string of the molecule is CN(CCCCCCl)C(=O)c1cccnc1. The van der Waals surface area contributed by atoms with E-state index in [1.807, 2.05) is 7.05 Å². The molecule has 88 valence electrons. The molecule has 1 amide bonds. The zero-order valence-corrected chi connectivity index (χ0v) is 10.3. The minimum atomic E-state index is 0.0268. The summed E-state index contributed by atoms with van der Waals surface area (Å²) in [5.41, 5.74) is 0.641. The van der Waals surface area contributed by atoms with Crippen LogP contribution in [0.25, 0.3) is 0 Å². The molecule has 0 aliphatic carbocycles. The minimum absolute atomic E-state index is 0.0268. The van der Waals surface area contributed by atoms with Gasteiger partial charge in [0, 0.05) is 31.9 Å². The highest BCUT2D eigenvalue weighted by Gasteiger charge is 2.10. The predicted octanol–water partition coefficient (Wildman–Crippen LogP) is 2.56. The summed E-state index contributed by atoms with van der Waals surface area (Å²) in [7, 11) is 1.82. The Balaban J connectivity index is 2.37. The molecular weight excluding hydrogens is 224 g/mol. The summed E-state index contributed by atoms with van der Waals surface area (Å²) in [4.78, 5) is 17.5. The van der Waals surface area contributed by atoms with E-state index >= 15 is 0 Å². The number of hydrogen-bond acceptors (Lipinski definition) is 2. The number of carbonyl (C=O) groups excluding carboxylic acids is 1. The fourth-order valence-electron chi connectivity index (χ4n) is 1.43. The molecule has 0 spiro atoms. The van der Waals surface area contributed by atoms with Crippen molar-refractivity contribution in [2.75, 3.05) is 19.5 Å². The summed E-state index contributed by atoms with van der Waals surface area (Å²) in [5.74, 6) is 0.722. The molecule has 0 saturated heterocycles. The molecule has 1 aromatic heterocycles. The van der Waals surface area contributed by atoms with E-state index in [-0.39, 0.29) is 5.91 Å². The largest absolute Gasteiger partial charge is 0.342 e. The van der Waals surface area contributed by atoms with Gasteiger partial charge in [0.15, 0.2) is 0 Å². The van der Waals surface area contributed by atoms with E-state index < -0.39 is 0 Å². The predicted molar refractivity (Wildman–Crippen MR) is 65.8 cm³/mol. The van der Waals surface area contributed by atoms with Crippen LogP contribution in [0.4, 0.5) is 0 Å². The Bertz CT molecular complexity index is 316. The Kier molecular flexibility index (Phi) is 5.86. The number of pyridine rings is 1. The maximum Gasteiger partial charge on any atom is 0.255 e. The van der Waals surface area contributed by atoms with Gasteiger partial charge in [-0.15, -0.1) is 11.6 Å². The van der Waals surface area contributed by atoms with Crippen LogP contribution in [-0.4, -0.2) is 35.3 Å². The van der Waals surface area contributed by atoms with E-state index in [9.17, 15) is 4.79 Å². The Morgan fingerprint density at radius 1 is 1.44 bits per heavy atom. The van der Waals surface area contributed by atoms with Gasteiger partial charge in [-0.25, -0.2) is 0 Å². The smallest absolute Gasteiger partial charge is 0.255 e. The van der Waals surface area contributed by atoms with Crippen LogP contribution in [0.3, 0.4) is 0 Å². The van der Waals surface area contributed by atoms with Gasteiger partial charge in [0.1, 0.15) is 0 Å². The second-order valence-corrected chi connectivity index (χ2v) is 4.10. The van der Waals surface area contributed by atoms with E-state index in [1.54, 1.807) is 29.4 Å². The second kappa shape index (κ2) is 7.23. The number of hydrogen-bond donors (Lipinski definition) is 0. The number of carbonyl (C=O) groups is 1. The molecule has 1 aromatic rings. The van der Waals surface area contributed by atoms with Gasteiger partial charge in [0.05, 0.1) is 5.56 Å². The number of alkyl halides is 1. The maximum absolute atomic E-state index is 11.9. The number of unbranched alkanes of at least 4 members (excludes halogenated alkanes) is 2. The lowest BCUT2D eigenvalue weighted by atomic mass is 10.2. The van der Waals surface area contributed by atoms with Crippen molar-refractivity contribution in [3.05, 3.63) is 30.1 Å². The van der Waals surface area contributed by atoms with E-state index in [1.165, 1.54) is 0 Å². The van der Waals surface area contributed by atoms with Crippen LogP contribution in [0.15, 0.2) is 24.5 Å². The van der Waals surface area contributed by atoms with Crippen molar-refractivity contribution >= 4 is 17.5 Å². The van der Waals surface area contributed by atoms with Crippen molar-refractivity contribution in [1.82, 2.24) is 9.88 Å². The van der Waals surface area contributed by atoms with Crippen molar-refractivity contribution < 1.29 is 4.79 Å². The number of aromatic nitrogens is 1. The molecule has 0 fully saturated rings. The molecule has 0 unspecified atom stereocenters. The van der Waals surface area contributed by atoms with Crippen LogP contribution >= 0.6 is 11.6 Å². The average Bonchev–Trinajstić information content (AvgIpc) is 2.34. The van der Waals surface area contributed by atoms with E-state index in [0.717, 1.165) is 25.8 Å². The summed E-state index contributed by atoms with van der Waals surface area (Å²) in [6.07, 6.45) is 6.33. The van der Waals surface area contributed by atoms with Crippen LogP contribution in [0, 0.1) is 0 Å². The van der Waals surface area contributed by atoms with Crippen LogP contribution in [0.2, 0.25) is 0 Å². The monoisotopic (exact) mass is 240 g/mol. The first-order valence-corrected chi connectivity index (χ1v) is 6.00. The molecule has 4 heteroatoms. The summed E-state index contributed by atoms with van der Waals surface area (Å²) in [5, 5.41) is 0. The first-order chi connectivity index (χ1) is 7.75. The molecule has 0 aromatic carbocycles. The molecule has 0 radical (unpaired) electrons. The molecule has 0 N–H and O–H groups in total. The van der Waals surface area contributed by atoms with Gasteiger partial charge in [-0.3, -0.25) is 9.78 Å². The number of halogens is 1. The lowest BCUT2D eigenvalue weighted by Gasteiger charge is -2.16. The molecule has 0 aliphatic heterocycles. The van der Waals surface area contributed by atoms with Crippen LogP contribution < -0.4 is 0 Å². The molecule has 3 nitrogen and oxygen atoms in total. The van der Waals surface area contributed by atoms with Gasteiger partial charge in [-0.2, -0.15) is 0 Å².